The quantitative estimate of drug-likeness (QED) is 0.354. The first kappa shape index (κ1) is 25.5. The Morgan fingerprint density at radius 3 is 2.31 bits per heavy atom. The molecule has 0 spiro atoms. The monoisotopic (exact) mass is 522 g/mol. The van der Waals surface area contributed by atoms with Crippen LogP contribution in [0.25, 0.3) is 5.69 Å². The van der Waals surface area contributed by atoms with Crippen LogP contribution in [0.3, 0.4) is 0 Å². The second-order valence-electron chi connectivity index (χ2n) is 8.54. The molecule has 0 saturated heterocycles. The van der Waals surface area contributed by atoms with Crippen molar-refractivity contribution in [1.82, 2.24) is 14.9 Å². The van der Waals surface area contributed by atoms with Gasteiger partial charge in [-0.1, -0.05) is 41.4 Å². The van der Waals surface area contributed by atoms with Crippen molar-refractivity contribution in [3.8, 4) is 5.69 Å². The number of hydrogen-bond acceptors (Lipinski definition) is 4. The van der Waals surface area contributed by atoms with E-state index in [1.54, 1.807) is 55.6 Å². The lowest BCUT2D eigenvalue weighted by Gasteiger charge is -2.26. The van der Waals surface area contributed by atoms with Crippen molar-refractivity contribution >= 4 is 33.2 Å². The molecule has 0 bridgehead atoms. The van der Waals surface area contributed by atoms with Crippen LogP contribution in [0.15, 0.2) is 84.0 Å². The van der Waals surface area contributed by atoms with E-state index in [0.717, 1.165) is 26.9 Å². The Kier molecular flexibility index (Phi) is 7.47. The number of carbonyl (C=O) groups is 1. The minimum atomic E-state index is -4.00. The van der Waals surface area contributed by atoms with E-state index in [1.165, 1.54) is 0 Å². The molecule has 1 heterocycles. The van der Waals surface area contributed by atoms with Crippen molar-refractivity contribution in [2.75, 3.05) is 10.8 Å². The summed E-state index contributed by atoms with van der Waals surface area (Å²) in [4.78, 5) is 17.3. The SMILES string of the molecule is Cc1ccc(S(=O)(=O)N(CC(=O)NCc2ccc(-n3ccnc3C)cc2)c2ccc(Cl)cc2C)cc1. The summed E-state index contributed by atoms with van der Waals surface area (Å²) >= 11 is 6.09. The summed E-state index contributed by atoms with van der Waals surface area (Å²) in [5.74, 6) is 0.456. The number of aromatic nitrogens is 2. The minimum Gasteiger partial charge on any atom is -0.350 e. The number of rotatable bonds is 8. The summed E-state index contributed by atoms with van der Waals surface area (Å²) in [6, 6.07) is 19.2. The average molecular weight is 523 g/mol. The highest BCUT2D eigenvalue weighted by Crippen LogP contribution is 2.29. The van der Waals surface area contributed by atoms with E-state index in [4.69, 9.17) is 11.6 Å². The fourth-order valence-corrected chi connectivity index (χ4v) is 5.56. The molecular weight excluding hydrogens is 496 g/mol. The molecule has 0 unspecified atom stereocenters. The second-order valence-corrected chi connectivity index (χ2v) is 10.8. The van der Waals surface area contributed by atoms with Crippen molar-refractivity contribution in [1.29, 1.82) is 0 Å². The van der Waals surface area contributed by atoms with Gasteiger partial charge < -0.3 is 9.88 Å². The third kappa shape index (κ3) is 5.61. The highest BCUT2D eigenvalue weighted by atomic mass is 35.5. The molecule has 0 saturated carbocycles. The van der Waals surface area contributed by atoms with Crippen molar-refractivity contribution in [2.45, 2.75) is 32.2 Å². The van der Waals surface area contributed by atoms with Gasteiger partial charge in [0.25, 0.3) is 10.0 Å². The third-order valence-electron chi connectivity index (χ3n) is 5.85. The standard InChI is InChI=1S/C27H27ClN4O3S/c1-19-4-11-25(12-5-19)36(34,35)32(26-13-8-23(28)16-20(26)2)18-27(33)30-17-22-6-9-24(10-7-22)31-15-14-29-21(31)3/h4-16H,17-18H2,1-3H3,(H,30,33). The van der Waals surface area contributed by atoms with Gasteiger partial charge >= 0.3 is 0 Å². The number of hydrogen-bond donors (Lipinski definition) is 1. The Morgan fingerprint density at radius 1 is 1.00 bits per heavy atom. The number of sulfonamides is 1. The molecule has 7 nitrogen and oxygen atoms in total. The van der Waals surface area contributed by atoms with Gasteiger partial charge in [0.15, 0.2) is 0 Å². The molecule has 9 heteroatoms. The Balaban J connectivity index is 1.53. The molecule has 0 fully saturated rings. The van der Waals surface area contributed by atoms with Crippen LogP contribution in [0, 0.1) is 20.8 Å². The molecule has 0 atom stereocenters. The van der Waals surface area contributed by atoms with E-state index < -0.39 is 15.9 Å². The van der Waals surface area contributed by atoms with Crippen LogP contribution in [0.5, 0.6) is 0 Å². The van der Waals surface area contributed by atoms with Crippen LogP contribution in [-0.2, 0) is 21.4 Å². The lowest BCUT2D eigenvalue weighted by atomic mass is 10.2. The van der Waals surface area contributed by atoms with Crippen molar-refractivity contribution < 1.29 is 13.2 Å². The van der Waals surface area contributed by atoms with Crippen LogP contribution < -0.4 is 9.62 Å². The number of nitrogens with zero attached hydrogens (tertiary/aromatic N) is 3. The van der Waals surface area contributed by atoms with E-state index in [1.807, 2.05) is 48.9 Å². The van der Waals surface area contributed by atoms with Gasteiger partial charge in [0.2, 0.25) is 5.91 Å². The fraction of sp³-hybridized carbons (Fsp3) is 0.185. The molecule has 36 heavy (non-hydrogen) atoms. The number of benzene rings is 3. The van der Waals surface area contributed by atoms with Gasteiger partial charge in [-0.3, -0.25) is 9.10 Å². The van der Waals surface area contributed by atoms with E-state index in [-0.39, 0.29) is 18.0 Å². The van der Waals surface area contributed by atoms with Gasteiger partial charge in [0, 0.05) is 29.6 Å². The zero-order valence-corrected chi connectivity index (χ0v) is 21.8. The first-order valence-corrected chi connectivity index (χ1v) is 13.2. The molecular formula is C27H27ClN4O3S. The van der Waals surface area contributed by atoms with Crippen molar-refractivity contribution in [3.05, 3.63) is 107 Å². The summed E-state index contributed by atoms with van der Waals surface area (Å²) in [7, 11) is -4.00. The zero-order valence-electron chi connectivity index (χ0n) is 20.3. The topological polar surface area (TPSA) is 84.3 Å². The van der Waals surface area contributed by atoms with Crippen molar-refractivity contribution in [2.24, 2.45) is 0 Å². The Labute approximate surface area is 216 Å². The van der Waals surface area contributed by atoms with Gasteiger partial charge in [-0.25, -0.2) is 13.4 Å². The molecule has 0 aliphatic carbocycles. The molecule has 3 aromatic carbocycles. The van der Waals surface area contributed by atoms with Crippen molar-refractivity contribution in [3.63, 3.8) is 0 Å². The van der Waals surface area contributed by atoms with Gasteiger partial charge in [0.05, 0.1) is 10.6 Å². The van der Waals surface area contributed by atoms with E-state index in [2.05, 4.69) is 10.3 Å². The number of carbonyl (C=O) groups excluding carboxylic acids is 1. The predicted octanol–water partition coefficient (Wildman–Crippen LogP) is 4.96. The van der Waals surface area contributed by atoms with E-state index >= 15 is 0 Å². The highest BCUT2D eigenvalue weighted by molar-refractivity contribution is 7.92. The number of aryl methyl sites for hydroxylation is 3. The lowest BCUT2D eigenvalue weighted by Crippen LogP contribution is -2.41. The number of amides is 1. The molecule has 186 valence electrons. The van der Waals surface area contributed by atoms with Crippen LogP contribution in [0.4, 0.5) is 5.69 Å². The first-order valence-electron chi connectivity index (χ1n) is 11.4. The van der Waals surface area contributed by atoms with Crippen LogP contribution in [0.2, 0.25) is 5.02 Å². The molecule has 1 N–H and O–H groups in total. The summed E-state index contributed by atoms with van der Waals surface area (Å²) < 4.78 is 30.2. The molecule has 0 radical (unpaired) electrons. The predicted molar refractivity (Wildman–Crippen MR) is 142 cm³/mol. The smallest absolute Gasteiger partial charge is 0.264 e. The number of nitrogens with one attached hydrogen (secondary N) is 1. The van der Waals surface area contributed by atoms with Crippen LogP contribution in [0.1, 0.15) is 22.5 Å². The van der Waals surface area contributed by atoms with Crippen LogP contribution in [-0.4, -0.2) is 30.4 Å². The number of imidazole rings is 1. The fourth-order valence-electron chi connectivity index (χ4n) is 3.85. The summed E-state index contributed by atoms with van der Waals surface area (Å²) in [6.07, 6.45) is 3.62. The third-order valence-corrected chi connectivity index (χ3v) is 7.86. The minimum absolute atomic E-state index is 0.112. The number of halogens is 1. The maximum atomic E-state index is 13.6. The van der Waals surface area contributed by atoms with Gasteiger partial charge in [-0.15, -0.1) is 0 Å². The Morgan fingerprint density at radius 2 is 1.69 bits per heavy atom. The molecule has 0 aliphatic rings. The van der Waals surface area contributed by atoms with Gasteiger partial charge in [-0.2, -0.15) is 0 Å². The summed E-state index contributed by atoms with van der Waals surface area (Å²) in [5.41, 5.74) is 3.84. The average Bonchev–Trinajstić information content (AvgIpc) is 3.28. The van der Waals surface area contributed by atoms with E-state index in [9.17, 15) is 13.2 Å². The van der Waals surface area contributed by atoms with Gasteiger partial charge in [-0.05, 0) is 74.4 Å². The van der Waals surface area contributed by atoms with Gasteiger partial charge in [0.1, 0.15) is 12.4 Å². The Hall–Kier alpha value is -3.62. The molecule has 4 rings (SSSR count). The molecule has 1 amide bonds. The largest absolute Gasteiger partial charge is 0.350 e. The highest BCUT2D eigenvalue weighted by Gasteiger charge is 2.28. The zero-order chi connectivity index (χ0) is 25.9. The summed E-state index contributed by atoms with van der Waals surface area (Å²) in [6.45, 7) is 5.46. The van der Waals surface area contributed by atoms with Crippen LogP contribution >= 0.6 is 11.6 Å². The maximum absolute atomic E-state index is 13.6. The second kappa shape index (κ2) is 10.6. The molecule has 1 aromatic heterocycles. The molecule has 0 aliphatic heterocycles. The lowest BCUT2D eigenvalue weighted by molar-refractivity contribution is -0.119. The molecule has 4 aromatic rings. The van der Waals surface area contributed by atoms with E-state index in [0.29, 0.717) is 16.3 Å². The normalized spacial score (nSPS) is 11.3. The Bertz CT molecular complexity index is 1480. The number of anilines is 1. The first-order chi connectivity index (χ1) is 17.1. The maximum Gasteiger partial charge on any atom is 0.264 e. The summed E-state index contributed by atoms with van der Waals surface area (Å²) in [5, 5.41) is 3.33.